The maximum Gasteiger partial charge on any atom is 0.319 e. The molecule has 0 bridgehead atoms. The summed E-state index contributed by atoms with van der Waals surface area (Å²) in [6.45, 7) is 0.444. The molecule has 0 saturated heterocycles. The zero-order valence-electron chi connectivity index (χ0n) is 13.7. The lowest BCUT2D eigenvalue weighted by atomic mass is 10.0. The molecular weight excluding hydrogens is 308 g/mol. The normalized spacial score (nSPS) is 15.7. The van der Waals surface area contributed by atoms with Gasteiger partial charge in [-0.25, -0.2) is 4.79 Å². The van der Waals surface area contributed by atoms with Crippen molar-refractivity contribution in [1.82, 2.24) is 5.32 Å². The van der Waals surface area contributed by atoms with Gasteiger partial charge in [-0.05, 0) is 30.2 Å². The Labute approximate surface area is 140 Å². The van der Waals surface area contributed by atoms with Crippen LogP contribution >= 0.6 is 0 Å². The van der Waals surface area contributed by atoms with Crippen molar-refractivity contribution < 1.29 is 19.0 Å². The summed E-state index contributed by atoms with van der Waals surface area (Å²) in [7, 11) is 3.12. The number of anilines is 1. The van der Waals surface area contributed by atoms with E-state index in [2.05, 4.69) is 10.6 Å². The number of hydrogen-bond acceptors (Lipinski definition) is 4. The lowest BCUT2D eigenvalue weighted by Gasteiger charge is -2.26. The number of carbonyl (C=O) groups is 1. The molecule has 2 amide bonds. The number of fused-ring (bicyclic) bond motifs is 1. The monoisotopic (exact) mass is 328 g/mol. The second-order valence-electron chi connectivity index (χ2n) is 5.48. The van der Waals surface area contributed by atoms with E-state index in [1.165, 1.54) is 0 Å². The van der Waals surface area contributed by atoms with E-state index in [1.54, 1.807) is 32.4 Å². The molecule has 0 spiro atoms. The van der Waals surface area contributed by atoms with Gasteiger partial charge in [0.05, 0.1) is 25.9 Å². The fourth-order valence-corrected chi connectivity index (χ4v) is 2.68. The van der Waals surface area contributed by atoms with Gasteiger partial charge in [0.25, 0.3) is 0 Å². The molecule has 0 fully saturated rings. The van der Waals surface area contributed by atoms with Crippen LogP contribution in [0.1, 0.15) is 5.56 Å². The van der Waals surface area contributed by atoms with E-state index in [4.69, 9.17) is 14.2 Å². The van der Waals surface area contributed by atoms with Crippen LogP contribution in [0, 0.1) is 0 Å². The highest BCUT2D eigenvalue weighted by atomic mass is 16.5. The lowest BCUT2D eigenvalue weighted by molar-refractivity contribution is 0.222. The van der Waals surface area contributed by atoms with Gasteiger partial charge in [0.2, 0.25) is 0 Å². The zero-order chi connectivity index (χ0) is 16.9. The summed E-state index contributed by atoms with van der Waals surface area (Å²) < 4.78 is 16.1. The molecule has 0 aliphatic carbocycles. The van der Waals surface area contributed by atoms with Crippen LogP contribution in [-0.4, -0.2) is 32.9 Å². The molecule has 3 rings (SSSR count). The largest absolute Gasteiger partial charge is 0.497 e. The first-order chi connectivity index (χ1) is 11.7. The molecular formula is C18H20N2O4. The molecule has 6 heteroatoms. The van der Waals surface area contributed by atoms with E-state index in [-0.39, 0.29) is 12.1 Å². The first-order valence-corrected chi connectivity index (χ1v) is 7.70. The molecule has 24 heavy (non-hydrogen) atoms. The zero-order valence-corrected chi connectivity index (χ0v) is 13.7. The van der Waals surface area contributed by atoms with Crippen molar-refractivity contribution in [1.29, 1.82) is 0 Å². The van der Waals surface area contributed by atoms with Crippen molar-refractivity contribution >= 4 is 11.7 Å². The third-order valence-corrected chi connectivity index (χ3v) is 3.87. The molecule has 0 unspecified atom stereocenters. The van der Waals surface area contributed by atoms with Crippen molar-refractivity contribution in [2.45, 2.75) is 12.5 Å². The van der Waals surface area contributed by atoms with E-state index >= 15 is 0 Å². The van der Waals surface area contributed by atoms with E-state index in [0.29, 0.717) is 23.8 Å². The van der Waals surface area contributed by atoms with Crippen LogP contribution in [-0.2, 0) is 6.42 Å². The number of benzene rings is 2. The van der Waals surface area contributed by atoms with Gasteiger partial charge in [0.15, 0.2) is 0 Å². The number of ether oxygens (including phenoxy) is 3. The van der Waals surface area contributed by atoms with Crippen LogP contribution < -0.4 is 24.8 Å². The minimum Gasteiger partial charge on any atom is -0.497 e. The Bertz CT molecular complexity index is 733. The standard InChI is InChI=1S/C18H20N2O4/c1-22-14-7-8-17(23-2)15(10-14)20-18(21)19-13-9-12-5-3-4-6-16(12)24-11-13/h3-8,10,13H,9,11H2,1-2H3,(H2,19,20,21)/t13-/m0/s1. The second-order valence-corrected chi connectivity index (χ2v) is 5.48. The number of amides is 2. The van der Waals surface area contributed by atoms with E-state index in [0.717, 1.165) is 17.7 Å². The number of rotatable bonds is 4. The Hall–Kier alpha value is -2.89. The number of para-hydroxylation sites is 1. The quantitative estimate of drug-likeness (QED) is 0.905. The predicted octanol–water partition coefficient (Wildman–Crippen LogP) is 2.83. The number of nitrogens with one attached hydrogen (secondary N) is 2. The first kappa shape index (κ1) is 16.0. The SMILES string of the molecule is COc1ccc(OC)c(NC(=O)N[C@@H]2COc3ccccc3C2)c1. The summed E-state index contributed by atoms with van der Waals surface area (Å²) >= 11 is 0. The van der Waals surface area contributed by atoms with Crippen molar-refractivity contribution in [2.24, 2.45) is 0 Å². The predicted molar refractivity (Wildman–Crippen MR) is 91.1 cm³/mol. The van der Waals surface area contributed by atoms with Crippen molar-refractivity contribution in [2.75, 3.05) is 26.1 Å². The van der Waals surface area contributed by atoms with Gasteiger partial charge in [-0.15, -0.1) is 0 Å². The first-order valence-electron chi connectivity index (χ1n) is 7.70. The Morgan fingerprint density at radius 2 is 2.00 bits per heavy atom. The summed E-state index contributed by atoms with van der Waals surface area (Å²) in [5.41, 5.74) is 1.64. The van der Waals surface area contributed by atoms with Gasteiger partial charge in [0, 0.05) is 6.07 Å². The molecule has 0 aromatic heterocycles. The highest BCUT2D eigenvalue weighted by Gasteiger charge is 2.21. The molecule has 2 aromatic rings. The third kappa shape index (κ3) is 3.53. The fourth-order valence-electron chi connectivity index (χ4n) is 2.68. The van der Waals surface area contributed by atoms with Gasteiger partial charge in [-0.3, -0.25) is 0 Å². The molecule has 1 atom stereocenters. The van der Waals surface area contributed by atoms with Crippen LogP contribution in [0.2, 0.25) is 0 Å². The molecule has 2 aromatic carbocycles. The molecule has 0 radical (unpaired) electrons. The Kier molecular flexibility index (Phi) is 4.74. The van der Waals surface area contributed by atoms with Crippen molar-refractivity contribution in [3.05, 3.63) is 48.0 Å². The Morgan fingerprint density at radius 1 is 1.17 bits per heavy atom. The van der Waals surface area contributed by atoms with Gasteiger partial charge >= 0.3 is 6.03 Å². The summed E-state index contributed by atoms with van der Waals surface area (Å²) in [4.78, 5) is 12.3. The average Bonchev–Trinajstić information content (AvgIpc) is 2.61. The van der Waals surface area contributed by atoms with E-state index in [1.807, 2.05) is 24.3 Å². The number of methoxy groups -OCH3 is 2. The molecule has 126 valence electrons. The van der Waals surface area contributed by atoms with Gasteiger partial charge in [0.1, 0.15) is 23.9 Å². The fraction of sp³-hybridized carbons (Fsp3) is 0.278. The van der Waals surface area contributed by atoms with Crippen LogP contribution in [0.15, 0.2) is 42.5 Å². The molecule has 1 heterocycles. The average molecular weight is 328 g/mol. The lowest BCUT2D eigenvalue weighted by Crippen LogP contribution is -2.44. The van der Waals surface area contributed by atoms with Gasteiger partial charge in [-0.1, -0.05) is 18.2 Å². The van der Waals surface area contributed by atoms with Crippen LogP contribution in [0.3, 0.4) is 0 Å². The van der Waals surface area contributed by atoms with Gasteiger partial charge in [-0.2, -0.15) is 0 Å². The van der Waals surface area contributed by atoms with Crippen molar-refractivity contribution in [3.8, 4) is 17.2 Å². The number of hydrogen-bond donors (Lipinski definition) is 2. The summed E-state index contributed by atoms with van der Waals surface area (Å²) in [6, 6.07) is 12.7. The van der Waals surface area contributed by atoms with Gasteiger partial charge < -0.3 is 24.8 Å². The highest BCUT2D eigenvalue weighted by molar-refractivity contribution is 5.91. The third-order valence-electron chi connectivity index (χ3n) is 3.87. The molecule has 0 saturated carbocycles. The molecule has 1 aliphatic rings. The maximum atomic E-state index is 12.3. The van der Waals surface area contributed by atoms with Crippen molar-refractivity contribution in [3.63, 3.8) is 0 Å². The van der Waals surface area contributed by atoms with Crippen LogP contribution in [0.4, 0.5) is 10.5 Å². The molecule has 2 N–H and O–H groups in total. The summed E-state index contributed by atoms with van der Waals surface area (Å²) in [5, 5.41) is 5.72. The van der Waals surface area contributed by atoms with Crippen LogP contribution in [0.5, 0.6) is 17.2 Å². The van der Waals surface area contributed by atoms with E-state index < -0.39 is 0 Å². The molecule has 6 nitrogen and oxygen atoms in total. The number of urea groups is 1. The van der Waals surface area contributed by atoms with Crippen LogP contribution in [0.25, 0.3) is 0 Å². The summed E-state index contributed by atoms with van der Waals surface area (Å²) in [5.74, 6) is 2.09. The highest BCUT2D eigenvalue weighted by Crippen LogP contribution is 2.29. The minimum absolute atomic E-state index is 0.0866. The van der Waals surface area contributed by atoms with E-state index in [9.17, 15) is 4.79 Å². The summed E-state index contributed by atoms with van der Waals surface area (Å²) in [6.07, 6.45) is 0.735. The minimum atomic E-state index is -0.311. The number of carbonyl (C=O) groups excluding carboxylic acids is 1. The topological polar surface area (TPSA) is 68.8 Å². The maximum absolute atomic E-state index is 12.3. The smallest absolute Gasteiger partial charge is 0.319 e. The Balaban J connectivity index is 1.64. The second kappa shape index (κ2) is 7.12. The molecule has 1 aliphatic heterocycles. The Morgan fingerprint density at radius 3 is 2.79 bits per heavy atom.